The number of benzene rings is 1. The van der Waals surface area contributed by atoms with Crippen molar-refractivity contribution in [1.82, 2.24) is 15.2 Å². The van der Waals surface area contributed by atoms with Gasteiger partial charge in [-0.2, -0.15) is 0 Å². The zero-order valence-corrected chi connectivity index (χ0v) is 14.8. The van der Waals surface area contributed by atoms with Crippen LogP contribution in [0, 0.1) is 0 Å². The fourth-order valence-corrected chi connectivity index (χ4v) is 3.65. The van der Waals surface area contributed by atoms with Crippen molar-refractivity contribution in [3.63, 3.8) is 0 Å². The zero-order chi connectivity index (χ0) is 16.9. The summed E-state index contributed by atoms with van der Waals surface area (Å²) in [4.78, 5) is 19.4. The first kappa shape index (κ1) is 17.1. The number of hydrogen-bond acceptors (Lipinski definition) is 5. The first-order valence-electron chi connectivity index (χ1n) is 8.25. The van der Waals surface area contributed by atoms with E-state index in [4.69, 9.17) is 4.74 Å². The first-order valence-corrected chi connectivity index (χ1v) is 9.13. The minimum absolute atomic E-state index is 0.0380. The van der Waals surface area contributed by atoms with Crippen LogP contribution in [-0.2, 0) is 9.53 Å². The molecule has 2 aromatic rings. The molecule has 1 aromatic heterocycles. The van der Waals surface area contributed by atoms with E-state index in [0.717, 1.165) is 17.1 Å². The number of rotatable bonds is 5. The molecule has 0 saturated carbocycles. The number of hydrogen-bond donors (Lipinski definition) is 1. The van der Waals surface area contributed by atoms with Crippen LogP contribution in [0.4, 0.5) is 0 Å². The number of ether oxygens (including phenoxy) is 1. The van der Waals surface area contributed by atoms with E-state index in [-0.39, 0.29) is 24.1 Å². The Morgan fingerprint density at radius 3 is 2.83 bits per heavy atom. The normalized spacial score (nSPS) is 20.0. The summed E-state index contributed by atoms with van der Waals surface area (Å²) in [6.45, 7) is 5.96. The second-order valence-corrected chi connectivity index (χ2v) is 7.13. The molecule has 2 unspecified atom stereocenters. The molecule has 128 valence electrons. The lowest BCUT2D eigenvalue weighted by atomic mass is 10.0. The maximum absolute atomic E-state index is 12.8. The number of carbonyl (C=O) groups excluding carboxylic acids is 1. The highest BCUT2D eigenvalue weighted by atomic mass is 32.1. The van der Waals surface area contributed by atoms with Crippen molar-refractivity contribution in [3.05, 3.63) is 52.5 Å². The first-order chi connectivity index (χ1) is 11.6. The maximum atomic E-state index is 12.8. The highest BCUT2D eigenvalue weighted by Gasteiger charge is 2.33. The van der Waals surface area contributed by atoms with E-state index < -0.39 is 0 Å². The van der Waals surface area contributed by atoms with Crippen LogP contribution in [0.25, 0.3) is 0 Å². The molecule has 1 aliphatic heterocycles. The molecule has 1 aliphatic rings. The van der Waals surface area contributed by atoms with Gasteiger partial charge >= 0.3 is 0 Å². The van der Waals surface area contributed by atoms with Crippen molar-refractivity contribution in [3.8, 4) is 0 Å². The van der Waals surface area contributed by atoms with Crippen LogP contribution in [0.3, 0.4) is 0 Å². The van der Waals surface area contributed by atoms with Crippen molar-refractivity contribution in [2.75, 3.05) is 19.7 Å². The number of amides is 1. The van der Waals surface area contributed by atoms with E-state index in [0.29, 0.717) is 13.2 Å². The SMILES string of the molecule is CC(C)NC(=O)C(c1ccccc1)N1CCOC(c2nccs2)C1. The van der Waals surface area contributed by atoms with Gasteiger partial charge in [0.05, 0.1) is 6.61 Å². The molecule has 1 fully saturated rings. The molecule has 1 N–H and O–H groups in total. The van der Waals surface area contributed by atoms with Crippen LogP contribution in [0.1, 0.15) is 36.6 Å². The Balaban J connectivity index is 1.83. The van der Waals surface area contributed by atoms with Gasteiger partial charge in [0.1, 0.15) is 17.2 Å². The average Bonchev–Trinajstić information content (AvgIpc) is 3.10. The summed E-state index contributed by atoms with van der Waals surface area (Å²) in [5.74, 6) is 0.0380. The molecule has 0 aliphatic carbocycles. The number of aromatic nitrogens is 1. The predicted octanol–water partition coefficient (Wildman–Crippen LogP) is 2.78. The number of nitrogens with one attached hydrogen (secondary N) is 1. The minimum Gasteiger partial charge on any atom is -0.368 e. The molecule has 0 spiro atoms. The standard InChI is InChI=1S/C18H23N3O2S/c1-13(2)20-17(22)16(14-6-4-3-5-7-14)21-9-10-23-15(12-21)18-19-8-11-24-18/h3-8,11,13,15-16H,9-10,12H2,1-2H3,(H,20,22). The summed E-state index contributed by atoms with van der Waals surface area (Å²) in [5.41, 5.74) is 1.01. The molecule has 0 radical (unpaired) electrons. The van der Waals surface area contributed by atoms with E-state index in [1.807, 2.05) is 49.6 Å². The summed E-state index contributed by atoms with van der Waals surface area (Å²) >= 11 is 1.59. The van der Waals surface area contributed by atoms with Gasteiger partial charge in [0, 0.05) is 30.7 Å². The summed E-state index contributed by atoms with van der Waals surface area (Å²) in [6, 6.07) is 9.75. The average molecular weight is 345 g/mol. The molecule has 1 amide bonds. The number of thiazole rings is 1. The van der Waals surface area contributed by atoms with Gasteiger partial charge in [0.25, 0.3) is 0 Å². The molecule has 6 heteroatoms. The van der Waals surface area contributed by atoms with Gasteiger partial charge in [-0.3, -0.25) is 9.69 Å². The summed E-state index contributed by atoms with van der Waals surface area (Å²) in [7, 11) is 0. The third kappa shape index (κ3) is 4.01. The van der Waals surface area contributed by atoms with Crippen LogP contribution < -0.4 is 5.32 Å². The molecule has 1 aromatic carbocycles. The van der Waals surface area contributed by atoms with Gasteiger partial charge in [-0.1, -0.05) is 30.3 Å². The van der Waals surface area contributed by atoms with Crippen molar-refractivity contribution in [1.29, 1.82) is 0 Å². The monoisotopic (exact) mass is 345 g/mol. The summed E-state index contributed by atoms with van der Waals surface area (Å²) in [6.07, 6.45) is 1.72. The molecule has 24 heavy (non-hydrogen) atoms. The zero-order valence-electron chi connectivity index (χ0n) is 14.0. The largest absolute Gasteiger partial charge is 0.368 e. The topological polar surface area (TPSA) is 54.5 Å². The van der Waals surface area contributed by atoms with Crippen LogP contribution in [-0.4, -0.2) is 41.5 Å². The highest BCUT2D eigenvalue weighted by molar-refractivity contribution is 7.09. The maximum Gasteiger partial charge on any atom is 0.242 e. The van der Waals surface area contributed by atoms with Gasteiger partial charge in [-0.15, -0.1) is 11.3 Å². The third-order valence-electron chi connectivity index (χ3n) is 3.98. The van der Waals surface area contributed by atoms with Crippen LogP contribution in [0.15, 0.2) is 41.9 Å². The quantitative estimate of drug-likeness (QED) is 0.905. The van der Waals surface area contributed by atoms with E-state index in [2.05, 4.69) is 15.2 Å². The number of carbonyl (C=O) groups is 1. The lowest BCUT2D eigenvalue weighted by Crippen LogP contribution is -2.47. The Morgan fingerprint density at radius 2 is 2.17 bits per heavy atom. The van der Waals surface area contributed by atoms with Crippen molar-refractivity contribution in [2.24, 2.45) is 0 Å². The van der Waals surface area contributed by atoms with Gasteiger partial charge in [0.15, 0.2) is 0 Å². The molecule has 2 atom stereocenters. The fourth-order valence-electron chi connectivity index (χ4n) is 2.97. The second-order valence-electron chi connectivity index (χ2n) is 6.20. The van der Waals surface area contributed by atoms with Crippen molar-refractivity contribution < 1.29 is 9.53 Å². The van der Waals surface area contributed by atoms with Crippen LogP contribution >= 0.6 is 11.3 Å². The molecule has 5 nitrogen and oxygen atoms in total. The second kappa shape index (κ2) is 7.88. The van der Waals surface area contributed by atoms with E-state index in [9.17, 15) is 4.79 Å². The molecular formula is C18H23N3O2S. The van der Waals surface area contributed by atoms with Gasteiger partial charge in [0.2, 0.25) is 5.91 Å². The molecule has 3 rings (SSSR count). The van der Waals surface area contributed by atoms with Crippen LogP contribution in [0.5, 0.6) is 0 Å². The lowest BCUT2D eigenvalue weighted by Gasteiger charge is -2.37. The van der Waals surface area contributed by atoms with E-state index >= 15 is 0 Å². The Hall–Kier alpha value is -1.76. The molecule has 1 saturated heterocycles. The van der Waals surface area contributed by atoms with Crippen molar-refractivity contribution >= 4 is 17.2 Å². The number of nitrogens with zero attached hydrogens (tertiary/aromatic N) is 2. The van der Waals surface area contributed by atoms with E-state index in [1.165, 1.54) is 0 Å². The molecule has 0 bridgehead atoms. The number of morpholine rings is 1. The predicted molar refractivity (Wildman–Crippen MR) is 94.8 cm³/mol. The Bertz CT molecular complexity index is 646. The Morgan fingerprint density at radius 1 is 1.38 bits per heavy atom. The van der Waals surface area contributed by atoms with Gasteiger partial charge in [-0.25, -0.2) is 4.98 Å². The van der Waals surface area contributed by atoms with Crippen LogP contribution in [0.2, 0.25) is 0 Å². The van der Waals surface area contributed by atoms with Crippen molar-refractivity contribution in [2.45, 2.75) is 32.0 Å². The van der Waals surface area contributed by atoms with Gasteiger partial charge in [-0.05, 0) is 19.4 Å². The highest BCUT2D eigenvalue weighted by Crippen LogP contribution is 2.30. The third-order valence-corrected chi connectivity index (χ3v) is 4.85. The summed E-state index contributed by atoms with van der Waals surface area (Å²) in [5, 5.41) is 5.98. The molecule has 2 heterocycles. The Kier molecular flexibility index (Phi) is 5.60. The smallest absolute Gasteiger partial charge is 0.242 e. The molecular weight excluding hydrogens is 322 g/mol. The fraction of sp³-hybridized carbons (Fsp3) is 0.444. The minimum atomic E-state index is -0.306. The lowest BCUT2D eigenvalue weighted by molar-refractivity contribution is -0.131. The van der Waals surface area contributed by atoms with E-state index in [1.54, 1.807) is 17.5 Å². The Labute approximate surface area is 146 Å². The van der Waals surface area contributed by atoms with Gasteiger partial charge < -0.3 is 10.1 Å². The summed E-state index contributed by atoms with van der Waals surface area (Å²) < 4.78 is 5.87.